The number of β-amino-alcohol motifs (C(OH)–C–C–N with tert-alkyl or cyclic N) is 1. The molecule has 1 aromatic heterocycles. The summed E-state index contributed by atoms with van der Waals surface area (Å²) in [5.74, 6) is 2.20. The molecular formula is C25H37N5O4. The van der Waals surface area contributed by atoms with Gasteiger partial charge in [0.2, 0.25) is 5.95 Å². The Morgan fingerprint density at radius 1 is 1.12 bits per heavy atom. The van der Waals surface area contributed by atoms with Gasteiger partial charge in [-0.15, -0.1) is 0 Å². The molecule has 34 heavy (non-hydrogen) atoms. The van der Waals surface area contributed by atoms with Crippen molar-refractivity contribution in [1.82, 2.24) is 20.2 Å². The lowest BCUT2D eigenvalue weighted by Gasteiger charge is -2.39. The predicted molar refractivity (Wildman–Crippen MR) is 131 cm³/mol. The fourth-order valence-corrected chi connectivity index (χ4v) is 4.48. The standard InChI is InChI=1S/C25H37N5O4/c1-2-33-23-17-21(5-6-22(23)34-16-13-29-11-14-32-15-12-29)18-26-19-25(31)7-3-10-30(20-25)24-27-8-4-9-28-24/h4-6,8-9,17,26,31H,2-3,7,10-16,18-20H2,1H3/t25-/m0/s1. The lowest BCUT2D eigenvalue weighted by molar-refractivity contribution is 0.0256. The highest BCUT2D eigenvalue weighted by Crippen LogP contribution is 2.29. The van der Waals surface area contributed by atoms with Gasteiger partial charge in [-0.2, -0.15) is 0 Å². The third kappa shape index (κ3) is 7.02. The largest absolute Gasteiger partial charge is 0.490 e. The van der Waals surface area contributed by atoms with Crippen LogP contribution in [0.5, 0.6) is 11.5 Å². The molecule has 0 saturated carbocycles. The fraction of sp³-hybridized carbons (Fsp3) is 0.600. The van der Waals surface area contributed by atoms with E-state index in [1.807, 2.05) is 19.1 Å². The maximum absolute atomic E-state index is 11.2. The lowest BCUT2D eigenvalue weighted by atomic mass is 9.93. The molecule has 186 valence electrons. The van der Waals surface area contributed by atoms with Crippen LogP contribution in [0.3, 0.4) is 0 Å². The van der Waals surface area contributed by atoms with Crippen LogP contribution in [0.2, 0.25) is 0 Å². The summed E-state index contributed by atoms with van der Waals surface area (Å²) in [7, 11) is 0. The van der Waals surface area contributed by atoms with Crippen molar-refractivity contribution in [3.8, 4) is 11.5 Å². The first-order valence-electron chi connectivity index (χ1n) is 12.3. The lowest BCUT2D eigenvalue weighted by Crippen LogP contribution is -2.53. The van der Waals surface area contributed by atoms with Gasteiger partial charge in [-0.1, -0.05) is 6.07 Å². The number of rotatable bonds is 11. The Labute approximate surface area is 202 Å². The van der Waals surface area contributed by atoms with E-state index in [0.29, 0.717) is 38.8 Å². The topological polar surface area (TPSA) is 92.2 Å². The molecule has 2 aromatic rings. The third-order valence-corrected chi connectivity index (χ3v) is 6.25. The zero-order valence-corrected chi connectivity index (χ0v) is 20.1. The molecule has 9 nitrogen and oxygen atoms in total. The summed E-state index contributed by atoms with van der Waals surface area (Å²) < 4.78 is 17.3. The third-order valence-electron chi connectivity index (χ3n) is 6.25. The van der Waals surface area contributed by atoms with Gasteiger partial charge in [-0.05, 0) is 43.5 Å². The van der Waals surface area contributed by atoms with Gasteiger partial charge in [0.05, 0.1) is 32.0 Å². The van der Waals surface area contributed by atoms with Crippen LogP contribution in [0.4, 0.5) is 5.95 Å². The van der Waals surface area contributed by atoms with Crippen molar-refractivity contribution in [1.29, 1.82) is 0 Å². The number of nitrogens with one attached hydrogen (secondary N) is 1. The molecule has 0 bridgehead atoms. The summed E-state index contributed by atoms with van der Waals surface area (Å²) in [6.07, 6.45) is 5.13. The van der Waals surface area contributed by atoms with E-state index in [2.05, 4.69) is 31.2 Å². The molecule has 3 heterocycles. The number of anilines is 1. The fourth-order valence-electron chi connectivity index (χ4n) is 4.48. The number of nitrogens with zero attached hydrogens (tertiary/aromatic N) is 4. The number of hydrogen-bond acceptors (Lipinski definition) is 9. The molecule has 1 aromatic carbocycles. The highest BCUT2D eigenvalue weighted by atomic mass is 16.5. The molecule has 2 saturated heterocycles. The maximum Gasteiger partial charge on any atom is 0.225 e. The minimum absolute atomic E-state index is 0.498. The Morgan fingerprint density at radius 3 is 2.74 bits per heavy atom. The van der Waals surface area contributed by atoms with Crippen LogP contribution in [0.15, 0.2) is 36.7 Å². The monoisotopic (exact) mass is 471 g/mol. The van der Waals surface area contributed by atoms with Crippen LogP contribution in [0.25, 0.3) is 0 Å². The zero-order valence-electron chi connectivity index (χ0n) is 20.1. The van der Waals surface area contributed by atoms with E-state index < -0.39 is 5.60 Å². The van der Waals surface area contributed by atoms with Gasteiger partial charge in [0.1, 0.15) is 6.61 Å². The summed E-state index contributed by atoms with van der Waals surface area (Å²) in [4.78, 5) is 13.1. The van der Waals surface area contributed by atoms with E-state index in [1.165, 1.54) is 0 Å². The first-order chi connectivity index (χ1) is 16.6. The van der Waals surface area contributed by atoms with E-state index in [1.54, 1.807) is 18.5 Å². The Kier molecular flexibility index (Phi) is 8.92. The summed E-state index contributed by atoms with van der Waals surface area (Å²) in [6, 6.07) is 7.85. The highest BCUT2D eigenvalue weighted by molar-refractivity contribution is 5.43. The normalized spacial score (nSPS) is 21.4. The minimum Gasteiger partial charge on any atom is -0.490 e. The molecule has 2 N–H and O–H groups in total. The van der Waals surface area contributed by atoms with Gasteiger partial charge >= 0.3 is 0 Å². The summed E-state index contributed by atoms with van der Waals surface area (Å²) >= 11 is 0. The van der Waals surface area contributed by atoms with Crippen LogP contribution < -0.4 is 19.7 Å². The average molecular weight is 472 g/mol. The molecule has 0 unspecified atom stereocenters. The molecule has 2 fully saturated rings. The second-order valence-electron chi connectivity index (χ2n) is 8.92. The van der Waals surface area contributed by atoms with Gasteiger partial charge < -0.3 is 29.5 Å². The molecule has 0 radical (unpaired) electrons. The molecule has 0 spiro atoms. The molecular weight excluding hydrogens is 434 g/mol. The average Bonchev–Trinajstić information content (AvgIpc) is 2.86. The van der Waals surface area contributed by atoms with Gasteiger partial charge in [0.15, 0.2) is 11.5 Å². The van der Waals surface area contributed by atoms with E-state index in [9.17, 15) is 5.11 Å². The van der Waals surface area contributed by atoms with Gasteiger partial charge in [0.25, 0.3) is 0 Å². The van der Waals surface area contributed by atoms with Crippen LogP contribution in [-0.2, 0) is 11.3 Å². The molecule has 1 atom stereocenters. The summed E-state index contributed by atoms with van der Waals surface area (Å²) in [6.45, 7) is 10.0. The van der Waals surface area contributed by atoms with Crippen LogP contribution in [0.1, 0.15) is 25.3 Å². The molecule has 2 aliphatic heterocycles. The van der Waals surface area contributed by atoms with E-state index >= 15 is 0 Å². The highest BCUT2D eigenvalue weighted by Gasteiger charge is 2.33. The van der Waals surface area contributed by atoms with Crippen molar-refractivity contribution in [3.05, 3.63) is 42.2 Å². The van der Waals surface area contributed by atoms with Crippen molar-refractivity contribution in [2.24, 2.45) is 0 Å². The number of ether oxygens (including phenoxy) is 3. The number of aromatic nitrogens is 2. The molecule has 0 aliphatic carbocycles. The zero-order chi connectivity index (χ0) is 23.6. The Hall–Kier alpha value is -2.46. The van der Waals surface area contributed by atoms with Gasteiger partial charge in [-0.25, -0.2) is 9.97 Å². The number of piperidine rings is 1. The van der Waals surface area contributed by atoms with Crippen molar-refractivity contribution in [3.63, 3.8) is 0 Å². The van der Waals surface area contributed by atoms with Crippen LogP contribution in [-0.4, -0.2) is 91.3 Å². The summed E-state index contributed by atoms with van der Waals surface area (Å²) in [5, 5.41) is 14.6. The van der Waals surface area contributed by atoms with Crippen molar-refractivity contribution >= 4 is 5.95 Å². The Morgan fingerprint density at radius 2 is 1.94 bits per heavy atom. The first-order valence-corrected chi connectivity index (χ1v) is 12.3. The van der Waals surface area contributed by atoms with Crippen LogP contribution >= 0.6 is 0 Å². The number of hydrogen-bond donors (Lipinski definition) is 2. The molecule has 2 aliphatic rings. The number of benzene rings is 1. The predicted octanol–water partition coefficient (Wildman–Crippen LogP) is 1.71. The molecule has 4 rings (SSSR count). The maximum atomic E-state index is 11.2. The quantitative estimate of drug-likeness (QED) is 0.508. The van der Waals surface area contributed by atoms with Crippen molar-refractivity contribution < 1.29 is 19.3 Å². The minimum atomic E-state index is -0.817. The number of aliphatic hydroxyl groups is 1. The summed E-state index contributed by atoms with van der Waals surface area (Å²) in [5.41, 5.74) is 0.273. The van der Waals surface area contributed by atoms with Gasteiger partial charge in [0, 0.05) is 51.7 Å². The van der Waals surface area contributed by atoms with Crippen molar-refractivity contribution in [2.45, 2.75) is 31.9 Å². The number of morpholine rings is 1. The van der Waals surface area contributed by atoms with Crippen LogP contribution in [0, 0.1) is 0 Å². The van der Waals surface area contributed by atoms with Gasteiger partial charge in [-0.3, -0.25) is 4.90 Å². The first kappa shape index (κ1) is 24.7. The molecule has 0 amide bonds. The molecule has 9 heteroatoms. The Balaban J connectivity index is 1.27. The Bertz CT molecular complexity index is 881. The van der Waals surface area contributed by atoms with E-state index in [-0.39, 0.29) is 0 Å². The second-order valence-corrected chi connectivity index (χ2v) is 8.92. The van der Waals surface area contributed by atoms with Crippen molar-refractivity contribution in [2.75, 3.05) is 70.6 Å². The smallest absolute Gasteiger partial charge is 0.225 e. The second kappa shape index (κ2) is 12.3. The van der Waals surface area contributed by atoms with E-state index in [0.717, 1.165) is 69.3 Å². The SMILES string of the molecule is CCOc1cc(CNC[C@@]2(O)CCCN(c3ncccn3)C2)ccc1OCCN1CCOCC1. The van der Waals surface area contributed by atoms with E-state index in [4.69, 9.17) is 14.2 Å².